The third-order valence-corrected chi connectivity index (χ3v) is 2.95. The van der Waals surface area contributed by atoms with E-state index in [0.29, 0.717) is 19.5 Å². The van der Waals surface area contributed by atoms with Gasteiger partial charge in [0.2, 0.25) is 0 Å². The van der Waals surface area contributed by atoms with Crippen molar-refractivity contribution in [2.75, 3.05) is 19.7 Å². The molecule has 0 spiro atoms. The molecule has 0 aliphatic rings. The Hall–Kier alpha value is -1.35. The highest BCUT2D eigenvalue weighted by atomic mass is 16.3. The van der Waals surface area contributed by atoms with Crippen LogP contribution in [0, 0.1) is 13.8 Å². The Labute approximate surface area is 103 Å². The summed E-state index contributed by atoms with van der Waals surface area (Å²) in [4.78, 5) is 14.2. The highest BCUT2D eigenvalue weighted by molar-refractivity contribution is 5.97. The van der Waals surface area contributed by atoms with Gasteiger partial charge in [0.25, 0.3) is 5.91 Å². The van der Waals surface area contributed by atoms with Crippen molar-refractivity contribution in [2.45, 2.75) is 27.2 Å². The summed E-state index contributed by atoms with van der Waals surface area (Å²) in [6.45, 7) is 7.28. The van der Waals surface area contributed by atoms with E-state index in [9.17, 15) is 4.79 Å². The lowest BCUT2D eigenvalue weighted by Gasteiger charge is -2.22. The highest BCUT2D eigenvalue weighted by Crippen LogP contribution is 2.16. The molecule has 0 heterocycles. The second kappa shape index (κ2) is 6.40. The minimum absolute atomic E-state index is 0.0663. The lowest BCUT2D eigenvalue weighted by molar-refractivity contribution is 0.0753. The molecule has 0 aliphatic heterocycles. The molecule has 1 amide bonds. The molecule has 1 aromatic carbocycles. The van der Waals surface area contributed by atoms with Crippen LogP contribution in [0.25, 0.3) is 0 Å². The second-order valence-electron chi connectivity index (χ2n) is 4.23. The quantitative estimate of drug-likeness (QED) is 0.849. The van der Waals surface area contributed by atoms with Gasteiger partial charge in [-0.05, 0) is 38.3 Å². The van der Waals surface area contributed by atoms with Crippen molar-refractivity contribution in [3.8, 4) is 0 Å². The van der Waals surface area contributed by atoms with E-state index in [0.717, 1.165) is 16.7 Å². The van der Waals surface area contributed by atoms with Gasteiger partial charge in [-0.25, -0.2) is 0 Å². The minimum atomic E-state index is 0.0663. The number of hydrogen-bond acceptors (Lipinski definition) is 2. The Morgan fingerprint density at radius 3 is 2.35 bits per heavy atom. The van der Waals surface area contributed by atoms with Crippen LogP contribution in [0.5, 0.6) is 0 Å². The van der Waals surface area contributed by atoms with E-state index in [2.05, 4.69) is 0 Å². The van der Waals surface area contributed by atoms with Gasteiger partial charge in [0.15, 0.2) is 0 Å². The molecular formula is C14H21NO2. The van der Waals surface area contributed by atoms with Gasteiger partial charge >= 0.3 is 0 Å². The maximum absolute atomic E-state index is 12.4. The van der Waals surface area contributed by atoms with Crippen LogP contribution in [-0.2, 0) is 0 Å². The van der Waals surface area contributed by atoms with Gasteiger partial charge in [-0.15, -0.1) is 0 Å². The van der Waals surface area contributed by atoms with Crippen LogP contribution in [-0.4, -0.2) is 35.6 Å². The number of hydrogen-bond donors (Lipinski definition) is 1. The number of aliphatic hydroxyl groups excluding tert-OH is 1. The molecule has 0 radical (unpaired) electrons. The fourth-order valence-corrected chi connectivity index (χ4v) is 1.97. The van der Waals surface area contributed by atoms with Crippen LogP contribution in [0.2, 0.25) is 0 Å². The summed E-state index contributed by atoms with van der Waals surface area (Å²) < 4.78 is 0. The van der Waals surface area contributed by atoms with Crippen LogP contribution in [0.4, 0.5) is 0 Å². The normalized spacial score (nSPS) is 10.4. The number of carbonyl (C=O) groups is 1. The summed E-state index contributed by atoms with van der Waals surface area (Å²) in [5, 5.41) is 8.83. The van der Waals surface area contributed by atoms with E-state index in [1.165, 1.54) is 0 Å². The fraction of sp³-hybridized carbons (Fsp3) is 0.500. The van der Waals surface area contributed by atoms with Gasteiger partial charge in [-0.1, -0.05) is 18.2 Å². The van der Waals surface area contributed by atoms with Crippen molar-refractivity contribution in [2.24, 2.45) is 0 Å². The molecular weight excluding hydrogens is 214 g/mol. The van der Waals surface area contributed by atoms with Crippen LogP contribution < -0.4 is 0 Å². The largest absolute Gasteiger partial charge is 0.396 e. The predicted molar refractivity (Wildman–Crippen MR) is 69.2 cm³/mol. The average Bonchev–Trinajstić information content (AvgIpc) is 2.30. The minimum Gasteiger partial charge on any atom is -0.396 e. The maximum atomic E-state index is 12.4. The average molecular weight is 235 g/mol. The van der Waals surface area contributed by atoms with Crippen LogP contribution in [0.15, 0.2) is 18.2 Å². The van der Waals surface area contributed by atoms with Gasteiger partial charge in [-0.2, -0.15) is 0 Å². The monoisotopic (exact) mass is 235 g/mol. The van der Waals surface area contributed by atoms with Crippen molar-refractivity contribution in [1.29, 1.82) is 0 Å². The number of amides is 1. The lowest BCUT2D eigenvalue weighted by Crippen LogP contribution is -2.33. The molecule has 0 saturated heterocycles. The number of nitrogens with zero attached hydrogens (tertiary/aromatic N) is 1. The molecule has 3 nitrogen and oxygen atoms in total. The van der Waals surface area contributed by atoms with Crippen molar-refractivity contribution in [3.05, 3.63) is 34.9 Å². The Bertz CT molecular complexity index is 368. The molecule has 0 bridgehead atoms. The van der Waals surface area contributed by atoms with Crippen molar-refractivity contribution < 1.29 is 9.90 Å². The number of rotatable bonds is 5. The van der Waals surface area contributed by atoms with Crippen molar-refractivity contribution in [1.82, 2.24) is 4.90 Å². The molecule has 0 saturated carbocycles. The summed E-state index contributed by atoms with van der Waals surface area (Å²) >= 11 is 0. The van der Waals surface area contributed by atoms with E-state index >= 15 is 0 Å². The van der Waals surface area contributed by atoms with Gasteiger partial charge in [0.1, 0.15) is 0 Å². The van der Waals surface area contributed by atoms with Gasteiger partial charge in [0, 0.05) is 25.3 Å². The first-order valence-electron chi connectivity index (χ1n) is 6.08. The number of aryl methyl sites for hydroxylation is 2. The molecule has 0 unspecified atom stereocenters. The van der Waals surface area contributed by atoms with Gasteiger partial charge in [-0.3, -0.25) is 4.79 Å². The van der Waals surface area contributed by atoms with E-state index in [-0.39, 0.29) is 12.5 Å². The SMILES string of the molecule is CCN(CCCO)C(=O)c1c(C)cccc1C. The molecule has 0 fully saturated rings. The summed E-state index contributed by atoms with van der Waals surface area (Å²) in [7, 11) is 0. The van der Waals surface area contributed by atoms with Crippen LogP contribution in [0.1, 0.15) is 34.8 Å². The maximum Gasteiger partial charge on any atom is 0.254 e. The number of benzene rings is 1. The zero-order valence-corrected chi connectivity index (χ0v) is 10.9. The van der Waals surface area contributed by atoms with Crippen LogP contribution in [0.3, 0.4) is 0 Å². The first kappa shape index (κ1) is 13.7. The third-order valence-electron chi connectivity index (χ3n) is 2.95. The summed E-state index contributed by atoms with van der Waals surface area (Å²) in [6, 6.07) is 5.88. The molecule has 1 N–H and O–H groups in total. The smallest absolute Gasteiger partial charge is 0.254 e. The number of carbonyl (C=O) groups excluding carboxylic acids is 1. The molecule has 94 valence electrons. The molecule has 1 aromatic rings. The second-order valence-corrected chi connectivity index (χ2v) is 4.23. The Kier molecular flexibility index (Phi) is 5.16. The topological polar surface area (TPSA) is 40.5 Å². The Morgan fingerprint density at radius 1 is 1.29 bits per heavy atom. The lowest BCUT2D eigenvalue weighted by atomic mass is 10.0. The Balaban J connectivity index is 2.93. The summed E-state index contributed by atoms with van der Waals surface area (Å²) in [5.41, 5.74) is 2.82. The van der Waals surface area contributed by atoms with Crippen LogP contribution >= 0.6 is 0 Å². The first-order valence-corrected chi connectivity index (χ1v) is 6.08. The zero-order valence-electron chi connectivity index (χ0n) is 10.9. The third kappa shape index (κ3) is 3.30. The predicted octanol–water partition coefficient (Wildman–Crippen LogP) is 2.15. The first-order chi connectivity index (χ1) is 8.11. The summed E-state index contributed by atoms with van der Waals surface area (Å²) in [5.74, 6) is 0.0663. The van der Waals surface area contributed by atoms with E-state index in [1.807, 2.05) is 39.0 Å². The molecule has 0 atom stereocenters. The highest BCUT2D eigenvalue weighted by Gasteiger charge is 2.17. The Morgan fingerprint density at radius 2 is 1.88 bits per heavy atom. The molecule has 3 heteroatoms. The fourth-order valence-electron chi connectivity index (χ4n) is 1.97. The molecule has 17 heavy (non-hydrogen) atoms. The number of aliphatic hydroxyl groups is 1. The van der Waals surface area contributed by atoms with E-state index in [4.69, 9.17) is 5.11 Å². The van der Waals surface area contributed by atoms with Crippen molar-refractivity contribution >= 4 is 5.91 Å². The summed E-state index contributed by atoms with van der Waals surface area (Å²) in [6.07, 6.45) is 0.629. The van der Waals surface area contributed by atoms with E-state index < -0.39 is 0 Å². The molecule has 0 aromatic heterocycles. The van der Waals surface area contributed by atoms with Gasteiger partial charge < -0.3 is 10.0 Å². The molecule has 1 rings (SSSR count). The molecule has 0 aliphatic carbocycles. The zero-order chi connectivity index (χ0) is 12.8. The van der Waals surface area contributed by atoms with Gasteiger partial charge in [0.05, 0.1) is 0 Å². The van der Waals surface area contributed by atoms with Crippen molar-refractivity contribution in [3.63, 3.8) is 0 Å². The van der Waals surface area contributed by atoms with E-state index in [1.54, 1.807) is 4.90 Å². The standard InChI is InChI=1S/C14H21NO2/c1-4-15(9-6-10-16)14(17)13-11(2)7-5-8-12(13)3/h5,7-8,16H,4,6,9-10H2,1-3H3.